The molecule has 0 saturated carbocycles. The van der Waals surface area contributed by atoms with Crippen molar-refractivity contribution < 1.29 is 19.6 Å². The minimum atomic E-state index is -0.791. The number of rotatable bonds is 6. The molecule has 0 aliphatic heterocycles. The Morgan fingerprint density at radius 2 is 1.92 bits per heavy atom. The number of aryl methyl sites for hydroxylation is 1. The zero-order chi connectivity index (χ0) is 17.7. The first-order valence-electron chi connectivity index (χ1n) is 7.31. The topological polar surface area (TPSA) is 92.5 Å². The Morgan fingerprint density at radius 1 is 1.25 bits per heavy atom. The second-order valence-electron chi connectivity index (χ2n) is 5.08. The van der Waals surface area contributed by atoms with Crippen LogP contribution in [-0.2, 0) is 6.42 Å². The molecule has 0 bridgehead atoms. The number of ketones is 1. The van der Waals surface area contributed by atoms with Crippen molar-refractivity contribution in [2.45, 2.75) is 13.3 Å². The predicted molar refractivity (Wildman–Crippen MR) is 88.3 cm³/mol. The van der Waals surface area contributed by atoms with Crippen LogP contribution in [0.1, 0.15) is 28.4 Å². The molecule has 0 N–H and O–H groups in total. The number of methoxy groups -OCH3 is 1. The molecule has 0 aromatic heterocycles. The smallest absolute Gasteiger partial charge is 0.266 e. The van der Waals surface area contributed by atoms with Gasteiger partial charge in [-0.3, -0.25) is 14.9 Å². The molecular weight excluding hydrogens is 310 g/mol. The van der Waals surface area contributed by atoms with Crippen LogP contribution in [0, 0.1) is 10.1 Å². The van der Waals surface area contributed by atoms with Crippen molar-refractivity contribution in [3.8, 4) is 11.5 Å². The van der Waals surface area contributed by atoms with Crippen LogP contribution in [0.25, 0.3) is 6.08 Å². The van der Waals surface area contributed by atoms with Gasteiger partial charge in [-0.2, -0.15) is 0 Å². The first kappa shape index (κ1) is 17.2. The van der Waals surface area contributed by atoms with Crippen LogP contribution < -0.4 is 9.84 Å². The van der Waals surface area contributed by atoms with E-state index in [1.54, 1.807) is 12.1 Å². The van der Waals surface area contributed by atoms with Crippen molar-refractivity contribution in [2.75, 3.05) is 7.11 Å². The third-order valence-electron chi connectivity index (χ3n) is 3.55. The van der Waals surface area contributed by atoms with E-state index in [0.29, 0.717) is 11.1 Å². The van der Waals surface area contributed by atoms with E-state index in [9.17, 15) is 20.0 Å². The van der Waals surface area contributed by atoms with Gasteiger partial charge in [0.2, 0.25) is 0 Å². The maximum absolute atomic E-state index is 12.1. The molecule has 0 aliphatic rings. The molecule has 0 heterocycles. The Balaban J connectivity index is 2.28. The predicted octanol–water partition coefficient (Wildman–Crippen LogP) is 3.14. The second kappa shape index (κ2) is 7.41. The average Bonchev–Trinajstić information content (AvgIpc) is 2.60. The van der Waals surface area contributed by atoms with Crippen molar-refractivity contribution in [1.82, 2.24) is 0 Å². The average molecular weight is 326 g/mol. The number of nitrogens with zero attached hydrogens (tertiary/aromatic N) is 1. The molecule has 0 radical (unpaired) electrons. The summed E-state index contributed by atoms with van der Waals surface area (Å²) < 4.78 is 4.86. The van der Waals surface area contributed by atoms with Gasteiger partial charge >= 0.3 is 0 Å². The van der Waals surface area contributed by atoms with Crippen molar-refractivity contribution >= 4 is 17.5 Å². The Labute approximate surface area is 139 Å². The van der Waals surface area contributed by atoms with Gasteiger partial charge in [0.05, 0.1) is 12.0 Å². The van der Waals surface area contributed by atoms with Crippen LogP contribution in [0.5, 0.6) is 11.5 Å². The van der Waals surface area contributed by atoms with Gasteiger partial charge in [-0.1, -0.05) is 37.3 Å². The molecule has 6 heteroatoms. The molecule has 2 aromatic rings. The molecule has 0 aliphatic carbocycles. The number of nitro benzene ring substituents is 1. The van der Waals surface area contributed by atoms with Crippen molar-refractivity contribution in [1.29, 1.82) is 0 Å². The van der Waals surface area contributed by atoms with Gasteiger partial charge in [-0.25, -0.2) is 0 Å². The van der Waals surface area contributed by atoms with E-state index in [2.05, 4.69) is 0 Å². The van der Waals surface area contributed by atoms with Crippen LogP contribution in [0.2, 0.25) is 0 Å². The van der Waals surface area contributed by atoms with Crippen LogP contribution in [-0.4, -0.2) is 17.8 Å². The number of allylic oxidation sites excluding steroid dienone is 1. The summed E-state index contributed by atoms with van der Waals surface area (Å²) in [5.41, 5.74) is 1.40. The zero-order valence-corrected chi connectivity index (χ0v) is 13.3. The number of carbonyl (C=O) groups excluding carboxylic acids is 1. The van der Waals surface area contributed by atoms with Gasteiger partial charge in [0.15, 0.2) is 5.78 Å². The normalized spacial score (nSPS) is 10.8. The third kappa shape index (κ3) is 3.78. The lowest BCUT2D eigenvalue weighted by Crippen LogP contribution is -2.01. The first-order chi connectivity index (χ1) is 11.5. The van der Waals surface area contributed by atoms with Crippen molar-refractivity contribution in [2.24, 2.45) is 0 Å². The van der Waals surface area contributed by atoms with Gasteiger partial charge < -0.3 is 9.84 Å². The molecule has 0 spiro atoms. The van der Waals surface area contributed by atoms with E-state index < -0.39 is 16.4 Å². The minimum absolute atomic E-state index is 0.136. The van der Waals surface area contributed by atoms with Crippen LogP contribution in [0.4, 0.5) is 5.69 Å². The molecule has 6 nitrogen and oxygen atoms in total. The van der Waals surface area contributed by atoms with Crippen molar-refractivity contribution in [3.05, 3.63) is 69.3 Å². The fraction of sp³-hybridized carbons (Fsp3) is 0.167. The lowest BCUT2D eigenvalue weighted by atomic mass is 10.1. The summed E-state index contributed by atoms with van der Waals surface area (Å²) in [4.78, 5) is 22.3. The van der Waals surface area contributed by atoms with E-state index in [1.807, 2.05) is 19.1 Å². The first-order valence-corrected chi connectivity index (χ1v) is 7.31. The Bertz CT molecular complexity index is 794. The number of ether oxygens (including phenoxy) is 1. The summed E-state index contributed by atoms with van der Waals surface area (Å²) in [6.07, 6.45) is 3.62. The van der Waals surface area contributed by atoms with Crippen LogP contribution >= 0.6 is 0 Å². The fourth-order valence-electron chi connectivity index (χ4n) is 2.16. The number of hydrogen-bond donors (Lipinski definition) is 0. The number of carbonyl (C=O) groups is 1. The summed E-state index contributed by atoms with van der Waals surface area (Å²) in [5.74, 6) is -1.16. The molecule has 0 amide bonds. The van der Waals surface area contributed by atoms with E-state index in [1.165, 1.54) is 25.3 Å². The maximum atomic E-state index is 12.1. The largest absolute Gasteiger partial charge is 0.865 e. The minimum Gasteiger partial charge on any atom is -0.865 e. The van der Waals surface area contributed by atoms with Gasteiger partial charge in [0, 0.05) is 17.4 Å². The number of hydrogen-bond acceptors (Lipinski definition) is 5. The zero-order valence-electron chi connectivity index (χ0n) is 13.3. The Kier molecular flexibility index (Phi) is 5.31. The van der Waals surface area contributed by atoms with Crippen LogP contribution in [0.15, 0.2) is 42.5 Å². The molecule has 124 valence electrons. The van der Waals surface area contributed by atoms with E-state index >= 15 is 0 Å². The molecule has 0 atom stereocenters. The van der Waals surface area contributed by atoms with Gasteiger partial charge in [-0.15, -0.1) is 0 Å². The Hall–Kier alpha value is -3.15. The third-order valence-corrected chi connectivity index (χ3v) is 3.55. The highest BCUT2D eigenvalue weighted by Crippen LogP contribution is 2.34. The Morgan fingerprint density at radius 3 is 2.46 bits per heavy atom. The quantitative estimate of drug-likeness (QED) is 0.352. The summed E-state index contributed by atoms with van der Waals surface area (Å²) >= 11 is 0. The number of benzene rings is 2. The summed E-state index contributed by atoms with van der Waals surface area (Å²) in [7, 11) is 1.26. The molecule has 2 rings (SSSR count). The van der Waals surface area contributed by atoms with E-state index in [0.717, 1.165) is 18.1 Å². The maximum Gasteiger partial charge on any atom is 0.266 e. The lowest BCUT2D eigenvalue weighted by molar-refractivity contribution is -0.398. The SMILES string of the molecule is CCc1ccc(C(=O)/C=C/c2cc(OC)c([O-])c([N+](=O)[O-])c2)cc1. The molecule has 24 heavy (non-hydrogen) atoms. The van der Waals surface area contributed by atoms with Gasteiger partial charge in [0.1, 0.15) is 5.75 Å². The van der Waals surface area contributed by atoms with Crippen LogP contribution in [0.3, 0.4) is 0 Å². The highest BCUT2D eigenvalue weighted by atomic mass is 16.6. The summed E-state index contributed by atoms with van der Waals surface area (Å²) in [5, 5.41) is 22.7. The van der Waals surface area contributed by atoms with Crippen molar-refractivity contribution in [3.63, 3.8) is 0 Å². The fourth-order valence-corrected chi connectivity index (χ4v) is 2.16. The monoisotopic (exact) mass is 326 g/mol. The van der Waals surface area contributed by atoms with E-state index in [-0.39, 0.29) is 11.5 Å². The van der Waals surface area contributed by atoms with E-state index in [4.69, 9.17) is 4.74 Å². The number of nitro groups is 1. The lowest BCUT2D eigenvalue weighted by Gasteiger charge is -2.13. The highest BCUT2D eigenvalue weighted by Gasteiger charge is 2.12. The summed E-state index contributed by atoms with van der Waals surface area (Å²) in [6.45, 7) is 2.02. The van der Waals surface area contributed by atoms with Gasteiger partial charge in [0.25, 0.3) is 5.69 Å². The second-order valence-corrected chi connectivity index (χ2v) is 5.08. The molecular formula is C18H16NO5-. The molecule has 0 saturated heterocycles. The summed E-state index contributed by atoms with van der Waals surface area (Å²) in [6, 6.07) is 9.70. The standard InChI is InChI=1S/C18H17NO5/c1-3-12-4-7-14(8-5-12)16(20)9-6-13-10-15(19(22)23)18(21)17(11-13)24-2/h4-11,21H,3H2,1-2H3/p-1/b9-6+. The highest BCUT2D eigenvalue weighted by molar-refractivity contribution is 6.06. The van der Waals surface area contributed by atoms with Gasteiger partial charge in [-0.05, 0) is 29.7 Å². The molecule has 0 unspecified atom stereocenters. The molecule has 2 aromatic carbocycles. The molecule has 0 fully saturated rings.